The van der Waals surface area contributed by atoms with Crippen LogP contribution in [0.4, 0.5) is 0 Å². The number of halogens is 2. The van der Waals surface area contributed by atoms with Crippen molar-refractivity contribution in [2.75, 3.05) is 0 Å². The van der Waals surface area contributed by atoms with Crippen molar-refractivity contribution in [2.24, 2.45) is 23.7 Å². The summed E-state index contributed by atoms with van der Waals surface area (Å²) in [7, 11) is 0. The van der Waals surface area contributed by atoms with E-state index < -0.39 is 5.97 Å². The standard InChI is InChI=1S/C9H15ClO.C8H13ClO2/c1-7(2)9(8(3)11)5-4-6-10;1-6(2)7(8(10)11)4-3-5-9/h4,6-7,9H,5H2,1-3H3;3,5-7H,4H2,1-2H3,(H,10,11)/b6-4+;5-3+/t9-;7-/m01/s1. The minimum atomic E-state index is -0.755. The van der Waals surface area contributed by atoms with Gasteiger partial charge in [-0.15, -0.1) is 0 Å². The van der Waals surface area contributed by atoms with E-state index in [1.54, 1.807) is 13.0 Å². The molecule has 2 atom stereocenters. The van der Waals surface area contributed by atoms with Gasteiger partial charge in [0.05, 0.1) is 5.92 Å². The molecule has 0 fully saturated rings. The number of carbonyl (C=O) groups excluding carboxylic acids is 1. The lowest BCUT2D eigenvalue weighted by Gasteiger charge is -2.14. The van der Waals surface area contributed by atoms with Crippen LogP contribution in [0.2, 0.25) is 0 Å². The number of ketones is 1. The summed E-state index contributed by atoms with van der Waals surface area (Å²) in [5.41, 5.74) is 2.83. The molecule has 0 radical (unpaired) electrons. The average Bonchev–Trinajstić information content (AvgIpc) is 2.38. The Morgan fingerprint density at radius 2 is 1.27 bits per heavy atom. The van der Waals surface area contributed by atoms with Crippen molar-refractivity contribution >= 4 is 35.0 Å². The first-order chi connectivity index (χ1) is 10.2. The molecule has 0 saturated heterocycles. The van der Waals surface area contributed by atoms with Gasteiger partial charge in [0, 0.05) is 17.0 Å². The number of Topliss-reactive ketones (excluding diaryl/α,β-unsaturated/α-hetero) is 1. The monoisotopic (exact) mass is 350 g/mol. The van der Waals surface area contributed by atoms with E-state index in [4.69, 9.17) is 28.3 Å². The Hall–Kier alpha value is -0.800. The van der Waals surface area contributed by atoms with Crippen molar-refractivity contribution < 1.29 is 14.7 Å². The van der Waals surface area contributed by atoms with E-state index in [2.05, 4.69) is 0 Å². The van der Waals surface area contributed by atoms with Gasteiger partial charge in [-0.25, -0.2) is 0 Å². The molecule has 0 aliphatic carbocycles. The van der Waals surface area contributed by atoms with Crippen LogP contribution in [-0.4, -0.2) is 16.9 Å². The molecule has 0 saturated carbocycles. The summed E-state index contributed by atoms with van der Waals surface area (Å²) in [6, 6.07) is 0. The molecular formula is C17H28Cl2O3. The van der Waals surface area contributed by atoms with Crippen molar-refractivity contribution in [3.63, 3.8) is 0 Å². The van der Waals surface area contributed by atoms with Gasteiger partial charge in [0.1, 0.15) is 5.78 Å². The Kier molecular flexibility index (Phi) is 14.8. The molecule has 0 spiro atoms. The number of carbonyl (C=O) groups is 2. The van der Waals surface area contributed by atoms with Crippen molar-refractivity contribution in [3.8, 4) is 0 Å². The van der Waals surface area contributed by atoms with Gasteiger partial charge in [0.2, 0.25) is 0 Å². The molecule has 0 aliphatic rings. The van der Waals surface area contributed by atoms with Crippen molar-refractivity contribution in [1.29, 1.82) is 0 Å². The Morgan fingerprint density at radius 3 is 1.50 bits per heavy atom. The molecule has 128 valence electrons. The van der Waals surface area contributed by atoms with Crippen LogP contribution < -0.4 is 0 Å². The second kappa shape index (κ2) is 13.8. The van der Waals surface area contributed by atoms with Crippen LogP contribution in [0.1, 0.15) is 47.5 Å². The van der Waals surface area contributed by atoms with Crippen LogP contribution in [0.5, 0.6) is 0 Å². The summed E-state index contributed by atoms with van der Waals surface area (Å²) < 4.78 is 0. The number of rotatable bonds is 8. The molecule has 22 heavy (non-hydrogen) atoms. The average molecular weight is 351 g/mol. The lowest BCUT2D eigenvalue weighted by Crippen LogP contribution is -2.18. The van der Waals surface area contributed by atoms with Crippen LogP contribution in [0, 0.1) is 23.7 Å². The van der Waals surface area contributed by atoms with Gasteiger partial charge in [-0.2, -0.15) is 0 Å². The summed E-state index contributed by atoms with van der Waals surface area (Å²) in [5, 5.41) is 8.69. The highest BCUT2D eigenvalue weighted by atomic mass is 35.5. The van der Waals surface area contributed by atoms with E-state index in [1.165, 1.54) is 11.1 Å². The molecule has 3 nitrogen and oxygen atoms in total. The van der Waals surface area contributed by atoms with Crippen LogP contribution in [-0.2, 0) is 9.59 Å². The maximum atomic E-state index is 11.0. The molecule has 5 heteroatoms. The van der Waals surface area contributed by atoms with E-state index in [0.29, 0.717) is 12.3 Å². The maximum absolute atomic E-state index is 11.0. The molecule has 1 N–H and O–H groups in total. The first kappa shape index (κ1) is 23.5. The van der Waals surface area contributed by atoms with Crippen molar-refractivity contribution in [3.05, 3.63) is 23.2 Å². The minimum absolute atomic E-state index is 0.130. The highest BCUT2D eigenvalue weighted by molar-refractivity contribution is 6.25. The van der Waals surface area contributed by atoms with Crippen LogP contribution in [0.25, 0.3) is 0 Å². The van der Waals surface area contributed by atoms with Crippen LogP contribution >= 0.6 is 23.2 Å². The quantitative estimate of drug-likeness (QED) is 0.630. The van der Waals surface area contributed by atoms with Gasteiger partial charge in [-0.1, -0.05) is 63.0 Å². The Bertz CT molecular complexity index is 338. The molecule has 0 aromatic rings. The summed E-state index contributed by atoms with van der Waals surface area (Å²) in [5.74, 6) is -0.139. The van der Waals surface area contributed by atoms with E-state index in [0.717, 1.165) is 6.42 Å². The van der Waals surface area contributed by atoms with E-state index in [-0.39, 0.29) is 23.5 Å². The van der Waals surface area contributed by atoms with Crippen molar-refractivity contribution in [2.45, 2.75) is 47.5 Å². The second-order valence-electron chi connectivity index (χ2n) is 5.84. The number of allylic oxidation sites excluding steroid dienone is 2. The minimum Gasteiger partial charge on any atom is -0.481 e. The molecule has 0 aliphatic heterocycles. The highest BCUT2D eigenvalue weighted by Gasteiger charge is 2.19. The van der Waals surface area contributed by atoms with E-state index >= 15 is 0 Å². The zero-order valence-electron chi connectivity index (χ0n) is 14.1. The molecule has 0 rings (SSSR count). The Morgan fingerprint density at radius 1 is 0.909 bits per heavy atom. The fourth-order valence-corrected chi connectivity index (χ4v) is 2.17. The summed E-state index contributed by atoms with van der Waals surface area (Å²) >= 11 is 10.6. The maximum Gasteiger partial charge on any atom is 0.307 e. The first-order valence-electron chi connectivity index (χ1n) is 7.42. The predicted molar refractivity (Wildman–Crippen MR) is 94.2 cm³/mol. The third-order valence-corrected chi connectivity index (χ3v) is 3.76. The SMILES string of the molecule is CC(=O)[C@@H](C/C=C/Cl)C(C)C.CC(C)[C@@H](C/C=C/Cl)C(=O)O. The van der Waals surface area contributed by atoms with Gasteiger partial charge >= 0.3 is 5.97 Å². The first-order valence-corrected chi connectivity index (χ1v) is 8.29. The predicted octanol–water partition coefficient (Wildman–Crippen LogP) is 5.48. The lowest BCUT2D eigenvalue weighted by molar-refractivity contribution is -0.143. The summed E-state index contributed by atoms with van der Waals surface area (Å²) in [6.45, 7) is 9.51. The molecule has 0 aromatic heterocycles. The van der Waals surface area contributed by atoms with Gasteiger partial charge in [0.15, 0.2) is 0 Å². The zero-order valence-corrected chi connectivity index (χ0v) is 15.6. The number of carboxylic acids is 1. The largest absolute Gasteiger partial charge is 0.481 e. The van der Waals surface area contributed by atoms with Crippen LogP contribution in [0.3, 0.4) is 0 Å². The zero-order chi connectivity index (χ0) is 17.7. The number of carboxylic acid groups (broad SMARTS) is 1. The Balaban J connectivity index is 0. The molecule has 0 bridgehead atoms. The van der Waals surface area contributed by atoms with Gasteiger partial charge in [-0.3, -0.25) is 9.59 Å². The molecule has 0 heterocycles. The normalized spacial score (nSPS) is 14.2. The van der Waals surface area contributed by atoms with Gasteiger partial charge in [0.25, 0.3) is 0 Å². The number of hydrogen-bond donors (Lipinski definition) is 1. The fourth-order valence-electron chi connectivity index (χ4n) is 1.96. The van der Waals surface area contributed by atoms with Crippen LogP contribution in [0.15, 0.2) is 23.2 Å². The molecule has 0 amide bonds. The molecule has 0 unspecified atom stereocenters. The molecule has 0 aromatic carbocycles. The van der Waals surface area contributed by atoms with Gasteiger partial charge in [-0.05, 0) is 31.6 Å². The topological polar surface area (TPSA) is 54.4 Å². The van der Waals surface area contributed by atoms with E-state index in [1.807, 2.05) is 33.8 Å². The van der Waals surface area contributed by atoms with E-state index in [9.17, 15) is 9.59 Å². The number of hydrogen-bond acceptors (Lipinski definition) is 2. The third kappa shape index (κ3) is 11.8. The fraction of sp³-hybridized carbons (Fsp3) is 0.647. The van der Waals surface area contributed by atoms with Gasteiger partial charge < -0.3 is 5.11 Å². The Labute approximate surface area is 144 Å². The number of aliphatic carboxylic acids is 1. The smallest absolute Gasteiger partial charge is 0.307 e. The molecular weight excluding hydrogens is 323 g/mol. The summed E-state index contributed by atoms with van der Waals surface area (Å²) in [6.07, 6.45) is 4.76. The third-order valence-electron chi connectivity index (χ3n) is 3.41. The lowest BCUT2D eigenvalue weighted by atomic mass is 9.89. The summed E-state index contributed by atoms with van der Waals surface area (Å²) in [4.78, 5) is 21.6. The second-order valence-corrected chi connectivity index (χ2v) is 6.35. The highest BCUT2D eigenvalue weighted by Crippen LogP contribution is 2.17. The van der Waals surface area contributed by atoms with Crippen molar-refractivity contribution in [1.82, 2.24) is 0 Å².